The number of nitrogens with zero attached hydrogens (tertiary/aromatic N) is 2. The van der Waals surface area contributed by atoms with Crippen molar-refractivity contribution in [3.63, 3.8) is 0 Å². The van der Waals surface area contributed by atoms with Crippen molar-refractivity contribution in [2.45, 2.75) is 12.8 Å². The van der Waals surface area contributed by atoms with Crippen LogP contribution in [0.25, 0.3) is 0 Å². The van der Waals surface area contributed by atoms with Crippen LogP contribution < -0.4 is 0 Å². The molecule has 0 saturated carbocycles. The fraction of sp³-hybridized carbons (Fsp3) is 0.333. The third kappa shape index (κ3) is 3.09. The third-order valence-corrected chi connectivity index (χ3v) is 3.11. The van der Waals surface area contributed by atoms with Crippen LogP contribution in [0.15, 0.2) is 6.20 Å². The molecule has 0 radical (unpaired) electrons. The van der Waals surface area contributed by atoms with Gasteiger partial charge in [0.15, 0.2) is 0 Å². The maximum Gasteiger partial charge on any atom is 0.310 e. The highest BCUT2D eigenvalue weighted by Gasteiger charge is 2.27. The van der Waals surface area contributed by atoms with Gasteiger partial charge in [0.1, 0.15) is 9.26 Å². The maximum absolute atomic E-state index is 12.6. The van der Waals surface area contributed by atoms with Gasteiger partial charge in [-0.1, -0.05) is 0 Å². The number of carbonyl (C=O) groups excluding carboxylic acids is 1. The van der Waals surface area contributed by atoms with Crippen molar-refractivity contribution in [2.75, 3.05) is 7.11 Å². The van der Waals surface area contributed by atoms with E-state index in [1.54, 1.807) is 0 Å². The first-order valence-corrected chi connectivity index (χ1v) is 5.63. The van der Waals surface area contributed by atoms with Crippen LogP contribution in [0.4, 0.5) is 14.5 Å². The molecule has 0 saturated heterocycles. The molecular weight excluding hydrogens is 365 g/mol. The molecule has 0 unspecified atom stereocenters. The number of ether oxygens (including phenoxy) is 1. The van der Waals surface area contributed by atoms with Crippen molar-refractivity contribution in [3.05, 3.63) is 31.1 Å². The molecule has 1 aromatic heterocycles. The predicted molar refractivity (Wildman–Crippen MR) is 64.3 cm³/mol. The molecule has 0 spiro atoms. The summed E-state index contributed by atoms with van der Waals surface area (Å²) in [6, 6.07) is 0. The molecule has 9 heteroatoms. The van der Waals surface area contributed by atoms with E-state index in [9.17, 15) is 23.7 Å². The molecule has 98 valence electrons. The van der Waals surface area contributed by atoms with Gasteiger partial charge in [0.05, 0.1) is 24.0 Å². The van der Waals surface area contributed by atoms with E-state index in [0.717, 1.165) is 13.3 Å². The van der Waals surface area contributed by atoms with Crippen molar-refractivity contribution in [1.82, 2.24) is 4.98 Å². The highest BCUT2D eigenvalue weighted by Crippen LogP contribution is 2.32. The second-order valence-electron chi connectivity index (χ2n) is 3.14. The Bertz CT molecular complexity index is 496. The molecular formula is C9H7F2IN2O4. The summed E-state index contributed by atoms with van der Waals surface area (Å²) in [4.78, 5) is 24.6. The number of aromatic nitrogens is 1. The molecule has 0 atom stereocenters. The molecule has 18 heavy (non-hydrogen) atoms. The molecule has 1 rings (SSSR count). The van der Waals surface area contributed by atoms with Gasteiger partial charge < -0.3 is 4.74 Å². The highest BCUT2D eigenvalue weighted by molar-refractivity contribution is 14.1. The quantitative estimate of drug-likeness (QED) is 0.351. The highest BCUT2D eigenvalue weighted by atomic mass is 127. The largest absolute Gasteiger partial charge is 0.469 e. The van der Waals surface area contributed by atoms with E-state index in [-0.39, 0.29) is 15.6 Å². The summed E-state index contributed by atoms with van der Waals surface area (Å²) in [6.07, 6.45) is -2.40. The first-order valence-electron chi connectivity index (χ1n) is 4.55. The molecule has 0 aromatic carbocycles. The lowest BCUT2D eigenvalue weighted by molar-refractivity contribution is -0.386. The summed E-state index contributed by atoms with van der Waals surface area (Å²) in [6.45, 7) is 0. The monoisotopic (exact) mass is 372 g/mol. The second-order valence-corrected chi connectivity index (χ2v) is 4.22. The van der Waals surface area contributed by atoms with Crippen molar-refractivity contribution in [2.24, 2.45) is 0 Å². The average molecular weight is 372 g/mol. The van der Waals surface area contributed by atoms with Gasteiger partial charge in [-0.3, -0.25) is 19.9 Å². The van der Waals surface area contributed by atoms with Gasteiger partial charge in [-0.15, -0.1) is 0 Å². The summed E-state index contributed by atoms with van der Waals surface area (Å²) in [5, 5.41) is 10.9. The number of carbonyl (C=O) groups is 1. The van der Waals surface area contributed by atoms with Gasteiger partial charge in [0.25, 0.3) is 12.1 Å². The summed E-state index contributed by atoms with van der Waals surface area (Å²) in [5.74, 6) is -0.708. The number of halogens is 3. The predicted octanol–water partition coefficient (Wildman–Crippen LogP) is 2.25. The summed E-state index contributed by atoms with van der Waals surface area (Å²) < 4.78 is 29.2. The van der Waals surface area contributed by atoms with Crippen LogP contribution in [0.3, 0.4) is 0 Å². The number of esters is 1. The molecule has 0 amide bonds. The van der Waals surface area contributed by atoms with Crippen LogP contribution in [-0.2, 0) is 16.0 Å². The number of nitro groups is 1. The minimum absolute atomic E-state index is 0.0550. The van der Waals surface area contributed by atoms with Crippen molar-refractivity contribution in [3.8, 4) is 0 Å². The van der Waals surface area contributed by atoms with E-state index in [2.05, 4.69) is 9.72 Å². The van der Waals surface area contributed by atoms with E-state index >= 15 is 0 Å². The molecule has 0 aliphatic rings. The summed E-state index contributed by atoms with van der Waals surface area (Å²) in [7, 11) is 1.13. The number of hydrogen-bond acceptors (Lipinski definition) is 5. The normalized spacial score (nSPS) is 10.5. The van der Waals surface area contributed by atoms with Gasteiger partial charge in [-0.05, 0) is 22.6 Å². The van der Waals surface area contributed by atoms with E-state index in [0.29, 0.717) is 0 Å². The Morgan fingerprint density at radius 2 is 2.28 bits per heavy atom. The zero-order valence-corrected chi connectivity index (χ0v) is 11.2. The molecule has 0 aliphatic carbocycles. The first kappa shape index (κ1) is 14.7. The fourth-order valence-corrected chi connectivity index (χ4v) is 2.15. The van der Waals surface area contributed by atoms with Crippen LogP contribution in [0.2, 0.25) is 0 Å². The minimum Gasteiger partial charge on any atom is -0.469 e. The van der Waals surface area contributed by atoms with Crippen LogP contribution in [0, 0.1) is 13.7 Å². The Hall–Kier alpha value is -1.39. The number of hydrogen-bond donors (Lipinski definition) is 0. The first-order chi connectivity index (χ1) is 8.38. The summed E-state index contributed by atoms with van der Waals surface area (Å²) in [5.41, 5.74) is -1.26. The van der Waals surface area contributed by atoms with Crippen LogP contribution in [0.1, 0.15) is 17.7 Å². The van der Waals surface area contributed by atoms with E-state index < -0.39 is 28.7 Å². The number of pyridine rings is 1. The zero-order valence-electron chi connectivity index (χ0n) is 9.02. The van der Waals surface area contributed by atoms with Gasteiger partial charge in [0.2, 0.25) is 0 Å². The van der Waals surface area contributed by atoms with E-state index in [4.69, 9.17) is 0 Å². The Balaban J connectivity index is 3.32. The minimum atomic E-state index is -2.91. The van der Waals surface area contributed by atoms with E-state index in [1.165, 1.54) is 22.6 Å². The third-order valence-electron chi connectivity index (χ3n) is 2.05. The van der Waals surface area contributed by atoms with Gasteiger partial charge >= 0.3 is 5.97 Å². The summed E-state index contributed by atoms with van der Waals surface area (Å²) >= 11 is 1.42. The van der Waals surface area contributed by atoms with E-state index in [1.807, 2.05) is 0 Å². The number of alkyl halides is 2. The molecule has 0 N–H and O–H groups in total. The standard InChI is InChI=1S/C9H7F2IN2O4/c1-18-5(15)2-4-3-13-7(9(10)11)6(12)8(4)14(16)17/h3,9H,2H2,1H3. The maximum atomic E-state index is 12.6. The van der Waals surface area contributed by atoms with Crippen molar-refractivity contribution < 1.29 is 23.2 Å². The van der Waals surface area contributed by atoms with Crippen LogP contribution in [0.5, 0.6) is 0 Å². The molecule has 1 heterocycles. The van der Waals surface area contributed by atoms with Gasteiger partial charge in [-0.2, -0.15) is 0 Å². The lowest BCUT2D eigenvalue weighted by atomic mass is 10.1. The molecule has 0 aliphatic heterocycles. The number of rotatable bonds is 4. The Morgan fingerprint density at radius 1 is 1.67 bits per heavy atom. The lowest BCUT2D eigenvalue weighted by Gasteiger charge is -2.07. The molecule has 0 fully saturated rings. The average Bonchev–Trinajstić information content (AvgIpc) is 2.27. The van der Waals surface area contributed by atoms with Crippen molar-refractivity contribution >= 4 is 34.2 Å². The van der Waals surface area contributed by atoms with Crippen LogP contribution >= 0.6 is 22.6 Å². The fourth-order valence-electron chi connectivity index (χ4n) is 1.23. The molecule has 6 nitrogen and oxygen atoms in total. The molecule has 1 aromatic rings. The van der Waals surface area contributed by atoms with Gasteiger partial charge in [0, 0.05) is 6.20 Å². The van der Waals surface area contributed by atoms with Crippen molar-refractivity contribution in [1.29, 1.82) is 0 Å². The zero-order chi connectivity index (χ0) is 13.9. The lowest BCUT2D eigenvalue weighted by Crippen LogP contribution is -2.10. The SMILES string of the molecule is COC(=O)Cc1cnc(C(F)F)c(I)c1[N+](=O)[O-]. The van der Waals surface area contributed by atoms with Crippen LogP contribution in [-0.4, -0.2) is 23.0 Å². The Morgan fingerprint density at radius 3 is 2.72 bits per heavy atom. The second kappa shape index (κ2) is 5.98. The topological polar surface area (TPSA) is 82.3 Å². The Kier molecular flexibility index (Phi) is 4.87. The van der Waals surface area contributed by atoms with Gasteiger partial charge in [-0.25, -0.2) is 8.78 Å². The molecule has 0 bridgehead atoms. The number of methoxy groups -OCH3 is 1. The smallest absolute Gasteiger partial charge is 0.310 e. The Labute approximate surface area is 114 Å².